The third kappa shape index (κ3) is 3.72. The lowest BCUT2D eigenvalue weighted by Crippen LogP contribution is -2.43. The summed E-state index contributed by atoms with van der Waals surface area (Å²) in [6, 6.07) is 8.04. The van der Waals surface area contributed by atoms with Crippen LogP contribution in [-0.4, -0.2) is 18.0 Å². The Labute approximate surface area is 113 Å². The lowest BCUT2D eigenvalue weighted by atomic mass is 10.1. The van der Waals surface area contributed by atoms with Gasteiger partial charge in [-0.15, -0.1) is 0 Å². The van der Waals surface area contributed by atoms with Gasteiger partial charge in [0.2, 0.25) is 5.91 Å². The first-order chi connectivity index (χ1) is 8.56. The van der Waals surface area contributed by atoms with Crippen LogP contribution in [-0.2, 0) is 4.79 Å². The topological polar surface area (TPSA) is 41.1 Å². The second-order valence-corrected chi connectivity index (χ2v) is 5.38. The minimum Gasteiger partial charge on any atom is -0.352 e. The van der Waals surface area contributed by atoms with Gasteiger partial charge in [-0.3, -0.25) is 10.1 Å². The summed E-state index contributed by atoms with van der Waals surface area (Å²) in [4.78, 5) is 11.8. The molecule has 0 saturated heterocycles. The number of carbonyl (C=O) groups is 1. The van der Waals surface area contributed by atoms with Crippen molar-refractivity contribution in [2.24, 2.45) is 0 Å². The molecule has 1 aromatic rings. The van der Waals surface area contributed by atoms with E-state index in [2.05, 4.69) is 10.6 Å². The summed E-state index contributed by atoms with van der Waals surface area (Å²) in [6.07, 6.45) is 2.23. The van der Waals surface area contributed by atoms with Crippen LogP contribution in [0.5, 0.6) is 0 Å². The summed E-state index contributed by atoms with van der Waals surface area (Å²) in [7, 11) is 0. The zero-order valence-corrected chi connectivity index (χ0v) is 11.5. The minimum atomic E-state index is -0.184. The number of nitrogens with one attached hydrogen (secondary N) is 2. The third-order valence-corrected chi connectivity index (χ3v) is 3.44. The Kier molecular flexibility index (Phi) is 4.25. The summed E-state index contributed by atoms with van der Waals surface area (Å²) >= 11 is 5.85. The van der Waals surface area contributed by atoms with Gasteiger partial charge < -0.3 is 5.32 Å². The molecule has 4 heteroatoms. The van der Waals surface area contributed by atoms with Crippen LogP contribution < -0.4 is 10.6 Å². The van der Waals surface area contributed by atoms with Crippen molar-refractivity contribution in [1.29, 1.82) is 0 Å². The first kappa shape index (κ1) is 13.4. The number of carbonyl (C=O) groups excluding carboxylic acids is 1. The molecule has 0 bridgehead atoms. The molecule has 1 saturated carbocycles. The first-order valence-corrected chi connectivity index (χ1v) is 6.76. The van der Waals surface area contributed by atoms with E-state index in [4.69, 9.17) is 11.6 Å². The number of amides is 1. The number of hydrogen-bond donors (Lipinski definition) is 2. The van der Waals surface area contributed by atoms with Crippen molar-refractivity contribution >= 4 is 17.5 Å². The fourth-order valence-electron chi connectivity index (χ4n) is 1.85. The normalized spacial score (nSPS) is 18.2. The largest absolute Gasteiger partial charge is 0.352 e. The molecule has 1 aliphatic rings. The SMILES string of the molecule is CC(N[C@@H](C)c1ccc(Cl)cc1)C(=O)NC1CC1. The minimum absolute atomic E-state index is 0.0818. The molecule has 0 radical (unpaired) electrons. The van der Waals surface area contributed by atoms with Gasteiger partial charge in [0.1, 0.15) is 0 Å². The molecule has 98 valence electrons. The molecular formula is C14H19ClN2O. The zero-order chi connectivity index (χ0) is 13.1. The summed E-state index contributed by atoms with van der Waals surface area (Å²) in [5, 5.41) is 7.02. The summed E-state index contributed by atoms with van der Waals surface area (Å²) in [6.45, 7) is 3.94. The van der Waals surface area contributed by atoms with Gasteiger partial charge in [0.25, 0.3) is 0 Å². The van der Waals surface area contributed by atoms with Crippen LogP contribution in [0.15, 0.2) is 24.3 Å². The summed E-state index contributed by atoms with van der Waals surface area (Å²) < 4.78 is 0. The van der Waals surface area contributed by atoms with Crippen LogP contribution in [0, 0.1) is 0 Å². The Morgan fingerprint density at radius 2 is 1.89 bits per heavy atom. The van der Waals surface area contributed by atoms with Crippen molar-refractivity contribution in [1.82, 2.24) is 10.6 Å². The predicted octanol–water partition coefficient (Wildman–Crippen LogP) is 2.66. The van der Waals surface area contributed by atoms with Crippen LogP contribution >= 0.6 is 11.6 Å². The van der Waals surface area contributed by atoms with Gasteiger partial charge >= 0.3 is 0 Å². The maximum Gasteiger partial charge on any atom is 0.237 e. The second kappa shape index (κ2) is 5.72. The maximum atomic E-state index is 11.8. The highest BCUT2D eigenvalue weighted by Crippen LogP contribution is 2.19. The fourth-order valence-corrected chi connectivity index (χ4v) is 1.98. The monoisotopic (exact) mass is 266 g/mol. The van der Waals surface area contributed by atoms with E-state index in [-0.39, 0.29) is 18.0 Å². The van der Waals surface area contributed by atoms with Crippen LogP contribution in [0.2, 0.25) is 5.02 Å². The van der Waals surface area contributed by atoms with E-state index in [0.29, 0.717) is 6.04 Å². The Morgan fingerprint density at radius 1 is 1.28 bits per heavy atom. The molecule has 2 rings (SSSR count). The lowest BCUT2D eigenvalue weighted by molar-refractivity contribution is -0.123. The van der Waals surface area contributed by atoms with Gasteiger partial charge in [-0.1, -0.05) is 23.7 Å². The van der Waals surface area contributed by atoms with Gasteiger partial charge in [-0.25, -0.2) is 0 Å². The average Bonchev–Trinajstić information content (AvgIpc) is 3.13. The third-order valence-electron chi connectivity index (χ3n) is 3.19. The van der Waals surface area contributed by atoms with Gasteiger partial charge in [0.15, 0.2) is 0 Å². The van der Waals surface area contributed by atoms with E-state index >= 15 is 0 Å². The molecule has 1 aromatic carbocycles. The van der Waals surface area contributed by atoms with Crippen molar-refractivity contribution in [2.45, 2.75) is 44.8 Å². The maximum absolute atomic E-state index is 11.8. The lowest BCUT2D eigenvalue weighted by Gasteiger charge is -2.20. The van der Waals surface area contributed by atoms with Crippen molar-refractivity contribution in [2.75, 3.05) is 0 Å². The number of rotatable bonds is 5. The molecule has 0 aliphatic heterocycles. The van der Waals surface area contributed by atoms with Crippen LogP contribution in [0.25, 0.3) is 0 Å². The van der Waals surface area contributed by atoms with Crippen LogP contribution in [0.4, 0.5) is 0 Å². The average molecular weight is 267 g/mol. The van der Waals surface area contributed by atoms with E-state index in [0.717, 1.165) is 23.4 Å². The van der Waals surface area contributed by atoms with Crippen LogP contribution in [0.1, 0.15) is 38.3 Å². The molecular weight excluding hydrogens is 248 g/mol. The smallest absolute Gasteiger partial charge is 0.237 e. The molecule has 18 heavy (non-hydrogen) atoms. The first-order valence-electron chi connectivity index (χ1n) is 6.38. The predicted molar refractivity (Wildman–Crippen MR) is 73.6 cm³/mol. The molecule has 0 spiro atoms. The van der Waals surface area contributed by atoms with E-state index in [9.17, 15) is 4.79 Å². The summed E-state index contributed by atoms with van der Waals surface area (Å²) in [5.74, 6) is 0.0818. The van der Waals surface area contributed by atoms with Gasteiger partial charge in [-0.2, -0.15) is 0 Å². The number of benzene rings is 1. The van der Waals surface area contributed by atoms with Crippen molar-refractivity contribution in [3.8, 4) is 0 Å². The number of hydrogen-bond acceptors (Lipinski definition) is 2. The molecule has 1 amide bonds. The van der Waals surface area contributed by atoms with E-state index in [1.54, 1.807) is 0 Å². The van der Waals surface area contributed by atoms with E-state index < -0.39 is 0 Å². The standard InChI is InChI=1S/C14H19ClN2O/c1-9(11-3-5-12(15)6-4-11)16-10(2)14(18)17-13-7-8-13/h3-6,9-10,13,16H,7-8H2,1-2H3,(H,17,18)/t9-,10?/m0/s1. The Hall–Kier alpha value is -1.06. The zero-order valence-electron chi connectivity index (χ0n) is 10.7. The Morgan fingerprint density at radius 3 is 2.44 bits per heavy atom. The Bertz CT molecular complexity index is 414. The second-order valence-electron chi connectivity index (χ2n) is 4.94. The van der Waals surface area contributed by atoms with Crippen molar-refractivity contribution in [3.63, 3.8) is 0 Å². The summed E-state index contributed by atoms with van der Waals surface area (Å²) in [5.41, 5.74) is 1.13. The van der Waals surface area contributed by atoms with Crippen molar-refractivity contribution in [3.05, 3.63) is 34.9 Å². The quantitative estimate of drug-likeness (QED) is 0.860. The highest BCUT2D eigenvalue weighted by atomic mass is 35.5. The fraction of sp³-hybridized carbons (Fsp3) is 0.500. The highest BCUT2D eigenvalue weighted by Gasteiger charge is 2.26. The van der Waals surface area contributed by atoms with Gasteiger partial charge in [0, 0.05) is 17.1 Å². The van der Waals surface area contributed by atoms with Gasteiger partial charge in [-0.05, 0) is 44.4 Å². The van der Waals surface area contributed by atoms with E-state index in [1.165, 1.54) is 0 Å². The molecule has 0 aromatic heterocycles. The van der Waals surface area contributed by atoms with Gasteiger partial charge in [0.05, 0.1) is 6.04 Å². The van der Waals surface area contributed by atoms with Crippen LogP contribution in [0.3, 0.4) is 0 Å². The molecule has 1 aliphatic carbocycles. The molecule has 1 fully saturated rings. The van der Waals surface area contributed by atoms with Crippen molar-refractivity contribution < 1.29 is 4.79 Å². The molecule has 2 N–H and O–H groups in total. The molecule has 2 atom stereocenters. The molecule has 1 unspecified atom stereocenters. The number of halogens is 1. The highest BCUT2D eigenvalue weighted by molar-refractivity contribution is 6.30. The Balaban J connectivity index is 1.87. The van der Waals surface area contributed by atoms with E-state index in [1.807, 2.05) is 38.1 Å². The molecule has 0 heterocycles. The molecule has 3 nitrogen and oxygen atoms in total.